The molecule has 0 aliphatic heterocycles. The number of hydrogen-bond acceptors (Lipinski definition) is 3. The van der Waals surface area contributed by atoms with Gasteiger partial charge in [-0.15, -0.1) is 0 Å². The van der Waals surface area contributed by atoms with Crippen molar-refractivity contribution in [2.45, 2.75) is 0 Å². The fourth-order valence-electron chi connectivity index (χ4n) is 6.32. The lowest BCUT2D eigenvalue weighted by Gasteiger charge is -2.11. The molecule has 0 atom stereocenters. The van der Waals surface area contributed by atoms with Crippen LogP contribution in [0.2, 0.25) is 0 Å². The van der Waals surface area contributed by atoms with Crippen molar-refractivity contribution >= 4 is 65.7 Å². The minimum Gasteiger partial charge on any atom is -0.456 e. The molecule has 41 heavy (non-hydrogen) atoms. The fourth-order valence-corrected chi connectivity index (χ4v) is 6.32. The van der Waals surface area contributed by atoms with Gasteiger partial charge >= 0.3 is 0 Å². The number of hydrogen-bond donors (Lipinski definition) is 0. The molecule has 0 radical (unpaired) electrons. The highest BCUT2D eigenvalue weighted by atomic mass is 16.3. The molecule has 9 aromatic rings. The van der Waals surface area contributed by atoms with E-state index in [9.17, 15) is 4.79 Å². The van der Waals surface area contributed by atoms with Gasteiger partial charge in [0.2, 0.25) is 5.43 Å². The second-order valence-corrected chi connectivity index (χ2v) is 10.5. The minimum absolute atomic E-state index is 0.0404. The van der Waals surface area contributed by atoms with Gasteiger partial charge in [0.25, 0.3) is 0 Å². The summed E-state index contributed by atoms with van der Waals surface area (Å²) >= 11 is 0. The second-order valence-electron chi connectivity index (χ2n) is 10.5. The molecule has 4 heteroatoms. The predicted octanol–water partition coefficient (Wildman–Crippen LogP) is 9.61. The van der Waals surface area contributed by atoms with Crippen molar-refractivity contribution < 1.29 is 8.83 Å². The molecule has 0 saturated carbocycles. The Morgan fingerprint density at radius 1 is 0.463 bits per heavy atom. The van der Waals surface area contributed by atoms with Gasteiger partial charge in [0, 0.05) is 38.9 Å². The Bertz CT molecular complexity index is 2550. The van der Waals surface area contributed by atoms with Crippen molar-refractivity contribution in [3.05, 3.63) is 138 Å². The van der Waals surface area contributed by atoms with Crippen molar-refractivity contribution in [3.63, 3.8) is 0 Å². The Morgan fingerprint density at radius 2 is 1.22 bits per heavy atom. The summed E-state index contributed by atoms with van der Waals surface area (Å²) in [5.74, 6) is 0. The summed E-state index contributed by atoms with van der Waals surface area (Å²) in [5, 5.41) is 5.60. The number of furan rings is 1. The van der Waals surface area contributed by atoms with Gasteiger partial charge in [0.1, 0.15) is 22.3 Å². The van der Waals surface area contributed by atoms with Crippen LogP contribution in [0, 0.1) is 0 Å². The first-order valence-corrected chi connectivity index (χ1v) is 13.6. The van der Waals surface area contributed by atoms with E-state index in [4.69, 9.17) is 8.83 Å². The summed E-state index contributed by atoms with van der Waals surface area (Å²) in [5.41, 5.74) is 7.74. The van der Waals surface area contributed by atoms with E-state index in [0.29, 0.717) is 21.9 Å². The Morgan fingerprint density at radius 3 is 2.12 bits per heavy atom. The van der Waals surface area contributed by atoms with Crippen LogP contribution in [-0.4, -0.2) is 4.57 Å². The van der Waals surface area contributed by atoms with E-state index >= 15 is 0 Å². The van der Waals surface area contributed by atoms with Crippen molar-refractivity contribution in [2.75, 3.05) is 0 Å². The molecule has 6 aromatic carbocycles. The number of rotatable bonds is 2. The van der Waals surface area contributed by atoms with E-state index in [1.807, 2.05) is 91.0 Å². The fraction of sp³-hybridized carbons (Fsp3) is 0. The highest BCUT2D eigenvalue weighted by molar-refractivity contribution is 6.17. The van der Waals surface area contributed by atoms with Gasteiger partial charge in [-0.05, 0) is 48.0 Å². The molecule has 0 aliphatic rings. The van der Waals surface area contributed by atoms with E-state index in [1.165, 1.54) is 0 Å². The predicted molar refractivity (Wildman–Crippen MR) is 167 cm³/mol. The molecule has 0 spiro atoms. The maximum absolute atomic E-state index is 13.9. The maximum Gasteiger partial charge on any atom is 0.200 e. The number of fused-ring (bicyclic) bond motifs is 8. The van der Waals surface area contributed by atoms with Gasteiger partial charge in [-0.25, -0.2) is 0 Å². The van der Waals surface area contributed by atoms with Crippen LogP contribution in [-0.2, 0) is 0 Å². The Balaban J connectivity index is 1.33. The molecular formula is C37H21NO3. The van der Waals surface area contributed by atoms with Crippen LogP contribution in [0.15, 0.2) is 141 Å². The zero-order chi connectivity index (χ0) is 27.1. The van der Waals surface area contributed by atoms with Crippen LogP contribution in [0.25, 0.3) is 82.5 Å². The summed E-state index contributed by atoms with van der Waals surface area (Å²) in [6.45, 7) is 0. The molecule has 3 heterocycles. The van der Waals surface area contributed by atoms with Crippen molar-refractivity contribution in [2.24, 2.45) is 0 Å². The number of nitrogens with zero attached hydrogens (tertiary/aromatic N) is 1. The molecule has 0 aliphatic carbocycles. The van der Waals surface area contributed by atoms with Gasteiger partial charge < -0.3 is 13.4 Å². The van der Waals surface area contributed by atoms with Crippen LogP contribution in [0.5, 0.6) is 0 Å². The highest BCUT2D eigenvalue weighted by Crippen LogP contribution is 2.39. The van der Waals surface area contributed by atoms with E-state index in [-0.39, 0.29) is 5.43 Å². The quantitative estimate of drug-likeness (QED) is 0.210. The molecule has 9 rings (SSSR count). The highest BCUT2D eigenvalue weighted by Gasteiger charge is 2.18. The zero-order valence-electron chi connectivity index (χ0n) is 21.8. The van der Waals surface area contributed by atoms with Crippen LogP contribution < -0.4 is 5.43 Å². The molecule has 0 bridgehead atoms. The van der Waals surface area contributed by atoms with E-state index in [1.54, 1.807) is 0 Å². The van der Waals surface area contributed by atoms with Crippen molar-refractivity contribution in [1.82, 2.24) is 4.57 Å². The molecule has 4 nitrogen and oxygen atoms in total. The van der Waals surface area contributed by atoms with Crippen LogP contribution in [0.1, 0.15) is 0 Å². The summed E-state index contributed by atoms with van der Waals surface area (Å²) in [7, 11) is 0. The SMILES string of the molecule is O=c1c2cc(-n3c4ccccc4c4cc5c(cc43)oc3ccccc35)ccc2oc2c(-c3ccccc3)cccc12. The lowest BCUT2D eigenvalue weighted by Crippen LogP contribution is -2.04. The molecule has 0 saturated heterocycles. The average molecular weight is 528 g/mol. The Hall–Kier alpha value is -5.61. The third kappa shape index (κ3) is 3.13. The van der Waals surface area contributed by atoms with Gasteiger partial charge in [-0.3, -0.25) is 4.79 Å². The zero-order valence-corrected chi connectivity index (χ0v) is 21.8. The number of aromatic nitrogens is 1. The van der Waals surface area contributed by atoms with Crippen LogP contribution in [0.3, 0.4) is 0 Å². The first-order valence-electron chi connectivity index (χ1n) is 13.6. The average Bonchev–Trinajstić information content (AvgIpc) is 3.55. The minimum atomic E-state index is -0.0404. The van der Waals surface area contributed by atoms with Crippen LogP contribution in [0.4, 0.5) is 0 Å². The van der Waals surface area contributed by atoms with E-state index in [2.05, 4.69) is 41.0 Å². The first-order chi connectivity index (χ1) is 20.2. The van der Waals surface area contributed by atoms with Gasteiger partial charge in [0.15, 0.2) is 0 Å². The van der Waals surface area contributed by atoms with Crippen molar-refractivity contribution in [3.8, 4) is 16.8 Å². The Labute approximate surface area is 233 Å². The van der Waals surface area contributed by atoms with Gasteiger partial charge in [0.05, 0.1) is 21.8 Å². The molecule has 192 valence electrons. The summed E-state index contributed by atoms with van der Waals surface area (Å²) < 4.78 is 14.9. The monoisotopic (exact) mass is 527 g/mol. The number of benzene rings is 6. The molecule has 3 aromatic heterocycles. The lowest BCUT2D eigenvalue weighted by molar-refractivity contribution is 0.661. The lowest BCUT2D eigenvalue weighted by atomic mass is 10.0. The number of para-hydroxylation sites is 3. The largest absolute Gasteiger partial charge is 0.456 e. The van der Waals surface area contributed by atoms with Gasteiger partial charge in [-0.2, -0.15) is 0 Å². The van der Waals surface area contributed by atoms with Gasteiger partial charge in [-0.1, -0.05) is 78.9 Å². The first kappa shape index (κ1) is 22.2. The summed E-state index contributed by atoms with van der Waals surface area (Å²) in [6, 6.07) is 42.5. The van der Waals surface area contributed by atoms with Crippen LogP contribution >= 0.6 is 0 Å². The summed E-state index contributed by atoms with van der Waals surface area (Å²) in [6.07, 6.45) is 0. The third-order valence-electron chi connectivity index (χ3n) is 8.19. The van der Waals surface area contributed by atoms with E-state index < -0.39 is 0 Å². The van der Waals surface area contributed by atoms with Crippen molar-refractivity contribution in [1.29, 1.82) is 0 Å². The Kier molecular flexibility index (Phi) is 4.44. The third-order valence-corrected chi connectivity index (χ3v) is 8.19. The molecular weight excluding hydrogens is 506 g/mol. The smallest absolute Gasteiger partial charge is 0.200 e. The molecule has 0 unspecified atom stereocenters. The summed E-state index contributed by atoms with van der Waals surface area (Å²) in [4.78, 5) is 13.9. The maximum atomic E-state index is 13.9. The molecule has 0 amide bonds. The topological polar surface area (TPSA) is 48.3 Å². The normalized spacial score (nSPS) is 12.0. The second kappa shape index (κ2) is 8.20. The molecule has 0 N–H and O–H groups in total. The van der Waals surface area contributed by atoms with E-state index in [0.717, 1.165) is 60.6 Å². The molecule has 0 fully saturated rings. The standard InChI is InChI=1S/C37H21NO3/c39-36-27-14-8-13-24(22-9-2-1-3-10-22)37(27)41-34-18-17-23(19-30(34)36)38-31-15-6-4-11-25(31)28-20-29-26-12-5-7-16-33(26)40-35(29)21-32(28)38/h1-21H.